The van der Waals surface area contributed by atoms with Gasteiger partial charge in [0.2, 0.25) is 0 Å². The summed E-state index contributed by atoms with van der Waals surface area (Å²) < 4.78 is 1.78. The van der Waals surface area contributed by atoms with E-state index in [0.717, 1.165) is 18.3 Å². The molecule has 2 rings (SSSR count). The minimum atomic E-state index is 0.463. The Labute approximate surface area is 129 Å². The zero-order chi connectivity index (χ0) is 15.2. The maximum Gasteiger partial charge on any atom is 0.193 e. The van der Waals surface area contributed by atoms with Crippen molar-refractivity contribution in [1.29, 1.82) is 0 Å². The fourth-order valence-corrected chi connectivity index (χ4v) is 2.84. The van der Waals surface area contributed by atoms with Gasteiger partial charge in [0.05, 0.1) is 6.54 Å². The molecule has 2 aromatic heterocycles. The van der Waals surface area contributed by atoms with Gasteiger partial charge in [0.25, 0.3) is 0 Å². The molecule has 0 fully saturated rings. The molecule has 0 spiro atoms. The van der Waals surface area contributed by atoms with Crippen molar-refractivity contribution in [2.45, 2.75) is 19.4 Å². The first-order valence-electron chi connectivity index (χ1n) is 6.90. The molecule has 2 heterocycles. The predicted molar refractivity (Wildman–Crippen MR) is 86.6 cm³/mol. The van der Waals surface area contributed by atoms with Gasteiger partial charge in [-0.1, -0.05) is 13.0 Å². The van der Waals surface area contributed by atoms with Crippen LogP contribution in [-0.2, 0) is 13.6 Å². The Bertz CT molecular complexity index is 574. The van der Waals surface area contributed by atoms with E-state index in [4.69, 9.17) is 0 Å². The number of hydrogen-bond acceptors (Lipinski definition) is 4. The Morgan fingerprint density at radius 1 is 1.57 bits per heavy atom. The van der Waals surface area contributed by atoms with Crippen LogP contribution in [0.1, 0.15) is 23.5 Å². The van der Waals surface area contributed by atoms with E-state index in [1.807, 2.05) is 19.0 Å². The highest BCUT2D eigenvalue weighted by atomic mass is 32.1. The SMILES string of the molecule is CN=C(NCC(C)c1cccs1)N(C)Cc1ncnn1C. The molecule has 0 aliphatic heterocycles. The highest BCUT2D eigenvalue weighted by Gasteiger charge is 2.12. The van der Waals surface area contributed by atoms with Crippen molar-refractivity contribution in [3.63, 3.8) is 0 Å². The molecule has 21 heavy (non-hydrogen) atoms. The van der Waals surface area contributed by atoms with E-state index in [0.29, 0.717) is 12.5 Å². The summed E-state index contributed by atoms with van der Waals surface area (Å²) in [7, 11) is 5.69. The summed E-state index contributed by atoms with van der Waals surface area (Å²) in [6.45, 7) is 3.74. The number of guanidine groups is 1. The summed E-state index contributed by atoms with van der Waals surface area (Å²) in [6.07, 6.45) is 1.57. The number of aromatic nitrogens is 3. The van der Waals surface area contributed by atoms with Crippen molar-refractivity contribution in [1.82, 2.24) is 25.0 Å². The summed E-state index contributed by atoms with van der Waals surface area (Å²) in [5, 5.41) is 9.61. The van der Waals surface area contributed by atoms with E-state index in [9.17, 15) is 0 Å². The summed E-state index contributed by atoms with van der Waals surface area (Å²) in [5.74, 6) is 2.23. The Morgan fingerprint density at radius 2 is 2.38 bits per heavy atom. The van der Waals surface area contributed by atoms with Crippen LogP contribution < -0.4 is 5.32 Å². The molecule has 0 saturated heterocycles. The summed E-state index contributed by atoms with van der Waals surface area (Å²) in [4.78, 5) is 12.0. The molecular weight excluding hydrogens is 284 g/mol. The molecule has 1 N–H and O–H groups in total. The Hall–Kier alpha value is -1.89. The van der Waals surface area contributed by atoms with Crippen LogP contribution in [0.2, 0.25) is 0 Å². The van der Waals surface area contributed by atoms with E-state index in [2.05, 4.69) is 44.8 Å². The van der Waals surface area contributed by atoms with Gasteiger partial charge in [0, 0.05) is 38.5 Å². The normalized spacial score (nSPS) is 13.2. The van der Waals surface area contributed by atoms with E-state index in [1.54, 1.807) is 29.4 Å². The third-order valence-corrected chi connectivity index (χ3v) is 4.46. The molecule has 0 bridgehead atoms. The highest BCUT2D eigenvalue weighted by Crippen LogP contribution is 2.19. The lowest BCUT2D eigenvalue weighted by atomic mass is 10.1. The molecule has 0 aliphatic rings. The van der Waals surface area contributed by atoms with Crippen LogP contribution in [-0.4, -0.2) is 46.3 Å². The minimum absolute atomic E-state index is 0.463. The van der Waals surface area contributed by atoms with E-state index in [1.165, 1.54) is 4.88 Å². The van der Waals surface area contributed by atoms with Gasteiger partial charge in [-0.25, -0.2) is 4.98 Å². The molecule has 0 radical (unpaired) electrons. The fraction of sp³-hybridized carbons (Fsp3) is 0.500. The van der Waals surface area contributed by atoms with Gasteiger partial charge in [0.1, 0.15) is 12.2 Å². The molecule has 0 amide bonds. The number of aliphatic imine (C=N–C) groups is 1. The first kappa shape index (κ1) is 15.5. The third kappa shape index (κ3) is 4.04. The second-order valence-corrected chi connectivity index (χ2v) is 5.98. The lowest BCUT2D eigenvalue weighted by Gasteiger charge is -2.22. The van der Waals surface area contributed by atoms with Crippen LogP contribution in [0.5, 0.6) is 0 Å². The van der Waals surface area contributed by atoms with E-state index >= 15 is 0 Å². The van der Waals surface area contributed by atoms with E-state index < -0.39 is 0 Å². The number of aryl methyl sites for hydroxylation is 1. The second-order valence-electron chi connectivity index (χ2n) is 5.00. The van der Waals surface area contributed by atoms with Crippen LogP contribution in [0.25, 0.3) is 0 Å². The van der Waals surface area contributed by atoms with Gasteiger partial charge >= 0.3 is 0 Å². The molecule has 2 aromatic rings. The first-order valence-corrected chi connectivity index (χ1v) is 7.77. The maximum atomic E-state index is 4.33. The van der Waals surface area contributed by atoms with Gasteiger partial charge in [-0.05, 0) is 11.4 Å². The van der Waals surface area contributed by atoms with Gasteiger partial charge in [-0.15, -0.1) is 11.3 Å². The largest absolute Gasteiger partial charge is 0.356 e. The second kappa shape index (κ2) is 7.21. The van der Waals surface area contributed by atoms with Crippen LogP contribution in [0, 0.1) is 0 Å². The highest BCUT2D eigenvalue weighted by molar-refractivity contribution is 7.10. The minimum Gasteiger partial charge on any atom is -0.356 e. The predicted octanol–water partition coefficient (Wildman–Crippen LogP) is 1.69. The van der Waals surface area contributed by atoms with Gasteiger partial charge in [-0.3, -0.25) is 9.67 Å². The molecule has 114 valence electrons. The van der Waals surface area contributed by atoms with E-state index in [-0.39, 0.29) is 0 Å². The molecule has 7 heteroatoms. The first-order chi connectivity index (χ1) is 10.1. The zero-order valence-corrected chi connectivity index (χ0v) is 13.8. The number of thiophene rings is 1. The monoisotopic (exact) mass is 306 g/mol. The van der Waals surface area contributed by atoms with Crippen molar-refractivity contribution in [2.24, 2.45) is 12.0 Å². The van der Waals surface area contributed by atoms with Crippen LogP contribution in [0.4, 0.5) is 0 Å². The summed E-state index contributed by atoms with van der Waals surface area (Å²) >= 11 is 1.79. The zero-order valence-electron chi connectivity index (χ0n) is 12.9. The van der Waals surface area contributed by atoms with Crippen molar-refractivity contribution < 1.29 is 0 Å². The standard InChI is InChI=1S/C14H22N6S/c1-11(12-6-5-7-21-12)8-16-14(15-2)19(3)9-13-17-10-18-20(13)4/h5-7,10-11H,8-9H2,1-4H3,(H,15,16). The van der Waals surface area contributed by atoms with Gasteiger partial charge < -0.3 is 10.2 Å². The molecular formula is C14H22N6S. The van der Waals surface area contributed by atoms with Crippen molar-refractivity contribution in [3.05, 3.63) is 34.5 Å². The number of rotatable bonds is 5. The average molecular weight is 306 g/mol. The average Bonchev–Trinajstić information content (AvgIpc) is 3.12. The fourth-order valence-electron chi connectivity index (χ4n) is 2.05. The maximum absolute atomic E-state index is 4.33. The summed E-state index contributed by atoms with van der Waals surface area (Å²) in [5.41, 5.74) is 0. The Balaban J connectivity index is 1.89. The van der Waals surface area contributed by atoms with Crippen molar-refractivity contribution in [2.75, 3.05) is 20.6 Å². The topological polar surface area (TPSA) is 58.3 Å². The molecule has 0 aromatic carbocycles. The van der Waals surface area contributed by atoms with Crippen LogP contribution in [0.15, 0.2) is 28.8 Å². The van der Waals surface area contributed by atoms with Gasteiger partial charge in [-0.2, -0.15) is 5.10 Å². The molecule has 0 saturated carbocycles. The molecule has 1 atom stereocenters. The smallest absolute Gasteiger partial charge is 0.193 e. The lowest BCUT2D eigenvalue weighted by Crippen LogP contribution is -2.40. The van der Waals surface area contributed by atoms with Crippen LogP contribution >= 0.6 is 11.3 Å². The van der Waals surface area contributed by atoms with Crippen molar-refractivity contribution in [3.8, 4) is 0 Å². The number of hydrogen-bond donors (Lipinski definition) is 1. The third-order valence-electron chi connectivity index (χ3n) is 3.35. The van der Waals surface area contributed by atoms with Crippen molar-refractivity contribution >= 4 is 17.3 Å². The molecule has 6 nitrogen and oxygen atoms in total. The van der Waals surface area contributed by atoms with Crippen LogP contribution in [0.3, 0.4) is 0 Å². The lowest BCUT2D eigenvalue weighted by molar-refractivity contribution is 0.446. The van der Waals surface area contributed by atoms with Gasteiger partial charge in [0.15, 0.2) is 5.96 Å². The quantitative estimate of drug-likeness (QED) is 0.674. The molecule has 1 unspecified atom stereocenters. The molecule has 0 aliphatic carbocycles. The number of nitrogens with one attached hydrogen (secondary N) is 1. The Morgan fingerprint density at radius 3 is 2.95 bits per heavy atom. The Kier molecular flexibility index (Phi) is 5.32. The summed E-state index contributed by atoms with van der Waals surface area (Å²) in [6, 6.07) is 4.26. The number of nitrogens with zero attached hydrogens (tertiary/aromatic N) is 5.